The van der Waals surface area contributed by atoms with Gasteiger partial charge in [-0.2, -0.15) is 0 Å². The molecule has 3 heterocycles. The molecule has 6 N–H and O–H groups in total. The summed E-state index contributed by atoms with van der Waals surface area (Å²) >= 11 is 0.916. The second kappa shape index (κ2) is 11.2. The van der Waals surface area contributed by atoms with Crippen molar-refractivity contribution in [1.29, 1.82) is 0 Å². The number of aliphatic hydroxyl groups is 2. The third-order valence-electron chi connectivity index (χ3n) is 5.53. The summed E-state index contributed by atoms with van der Waals surface area (Å²) in [4.78, 5) is 28.7. The van der Waals surface area contributed by atoms with Crippen LogP contribution in [0.1, 0.15) is 46.0 Å². The van der Waals surface area contributed by atoms with Gasteiger partial charge in [-0.25, -0.2) is 18.4 Å². The average Bonchev–Trinajstić information content (AvgIpc) is 3.49. The lowest BCUT2D eigenvalue weighted by Gasteiger charge is -2.18. The third-order valence-corrected chi connectivity index (χ3v) is 6.60. The van der Waals surface area contributed by atoms with Gasteiger partial charge < -0.3 is 26.6 Å². The molecule has 14 heteroatoms. The highest BCUT2D eigenvalue weighted by Gasteiger charge is 2.24. The van der Waals surface area contributed by atoms with Gasteiger partial charge in [-0.1, -0.05) is 11.3 Å². The van der Waals surface area contributed by atoms with E-state index in [1.807, 2.05) is 0 Å². The smallest absolute Gasteiger partial charge is 0.273 e. The Kier molecular flexibility index (Phi) is 7.99. The SMILES string of the molecule is CC(C)(O)c1cc(F)c(-c2cc(C(N)=O)c(Nc3cccc(Cn4cc(C(=O)NCCO)nn4)n3)s2)c(F)c1. The van der Waals surface area contributed by atoms with Crippen molar-refractivity contribution in [3.63, 3.8) is 0 Å². The quantitative estimate of drug-likeness (QED) is 0.198. The van der Waals surface area contributed by atoms with Gasteiger partial charge in [0.05, 0.1) is 41.8 Å². The van der Waals surface area contributed by atoms with Crippen LogP contribution in [0.2, 0.25) is 0 Å². The molecule has 39 heavy (non-hydrogen) atoms. The predicted octanol–water partition coefficient (Wildman–Crippen LogP) is 2.52. The molecule has 4 rings (SSSR count). The number of primary amides is 1. The molecule has 0 radical (unpaired) electrons. The van der Waals surface area contributed by atoms with Gasteiger partial charge in [0.2, 0.25) is 0 Å². The summed E-state index contributed by atoms with van der Waals surface area (Å²) < 4.78 is 31.3. The summed E-state index contributed by atoms with van der Waals surface area (Å²) in [6.45, 7) is 2.88. The van der Waals surface area contributed by atoms with E-state index in [0.717, 1.165) is 23.5 Å². The number of benzene rings is 1. The van der Waals surface area contributed by atoms with Gasteiger partial charge in [-0.05, 0) is 49.7 Å². The fourth-order valence-electron chi connectivity index (χ4n) is 3.61. The van der Waals surface area contributed by atoms with Crippen LogP contribution >= 0.6 is 11.3 Å². The maximum absolute atomic E-state index is 14.9. The van der Waals surface area contributed by atoms with Crippen LogP contribution in [-0.4, -0.2) is 55.2 Å². The molecule has 3 aromatic heterocycles. The molecule has 0 aliphatic rings. The number of thiophene rings is 1. The Balaban J connectivity index is 1.58. The van der Waals surface area contributed by atoms with Gasteiger partial charge in [0, 0.05) is 11.4 Å². The largest absolute Gasteiger partial charge is 0.395 e. The summed E-state index contributed by atoms with van der Waals surface area (Å²) in [5, 5.41) is 32.3. The zero-order valence-corrected chi connectivity index (χ0v) is 21.7. The van der Waals surface area contributed by atoms with E-state index in [2.05, 4.69) is 25.9 Å². The van der Waals surface area contributed by atoms with E-state index in [1.165, 1.54) is 30.8 Å². The lowest BCUT2D eigenvalue weighted by Crippen LogP contribution is -2.26. The topological polar surface area (TPSA) is 168 Å². The van der Waals surface area contributed by atoms with Crippen molar-refractivity contribution >= 4 is 34.0 Å². The zero-order chi connectivity index (χ0) is 28.3. The monoisotopic (exact) mass is 557 g/mol. The van der Waals surface area contributed by atoms with Crippen LogP contribution in [0.4, 0.5) is 19.6 Å². The number of amides is 2. The molecule has 0 saturated heterocycles. The Morgan fingerprint density at radius 1 is 1.18 bits per heavy atom. The molecule has 0 aliphatic carbocycles. The van der Waals surface area contributed by atoms with E-state index in [9.17, 15) is 23.5 Å². The summed E-state index contributed by atoms with van der Waals surface area (Å²) in [6, 6.07) is 8.43. The van der Waals surface area contributed by atoms with E-state index in [1.54, 1.807) is 18.2 Å². The number of nitrogens with two attached hydrogens (primary N) is 1. The standard InChI is InChI=1S/C25H25F2N7O4S/c1-25(2,38)13-8-16(26)21(17(27)9-13)19-10-15(22(28)36)24(39-19)31-20-5-3-4-14(30-20)11-34-12-18(32-33-34)23(37)29-6-7-35/h3-5,8-10,12,35,38H,6-7,11H2,1-2H3,(H2,28,36)(H,29,37)(H,30,31). The number of aromatic nitrogens is 4. The van der Waals surface area contributed by atoms with Gasteiger partial charge in [-0.15, -0.1) is 16.4 Å². The molecule has 0 aliphatic heterocycles. The summed E-state index contributed by atoms with van der Waals surface area (Å²) in [7, 11) is 0. The first-order valence-electron chi connectivity index (χ1n) is 11.6. The summed E-state index contributed by atoms with van der Waals surface area (Å²) in [5.74, 6) is -2.75. The summed E-state index contributed by atoms with van der Waals surface area (Å²) in [6.07, 6.45) is 1.43. The number of hydrogen-bond acceptors (Lipinski definition) is 9. The molecule has 0 bridgehead atoms. The third kappa shape index (κ3) is 6.42. The normalized spacial score (nSPS) is 11.4. The van der Waals surface area contributed by atoms with E-state index in [4.69, 9.17) is 10.8 Å². The first kappa shape index (κ1) is 27.8. The van der Waals surface area contributed by atoms with Crippen LogP contribution in [0.5, 0.6) is 0 Å². The Morgan fingerprint density at radius 2 is 1.90 bits per heavy atom. The molecular formula is C25H25F2N7O4S. The Bertz CT molecular complexity index is 1510. The number of pyridine rings is 1. The van der Waals surface area contributed by atoms with Crippen LogP contribution in [0, 0.1) is 11.6 Å². The van der Waals surface area contributed by atoms with Crippen molar-refractivity contribution in [2.24, 2.45) is 5.73 Å². The number of anilines is 2. The maximum Gasteiger partial charge on any atom is 0.273 e. The molecular weight excluding hydrogens is 532 g/mol. The van der Waals surface area contributed by atoms with Crippen molar-refractivity contribution in [3.05, 3.63) is 76.7 Å². The molecule has 1 aromatic carbocycles. The van der Waals surface area contributed by atoms with E-state index < -0.39 is 29.0 Å². The van der Waals surface area contributed by atoms with Crippen LogP contribution < -0.4 is 16.4 Å². The van der Waals surface area contributed by atoms with Crippen molar-refractivity contribution in [3.8, 4) is 10.4 Å². The Hall–Kier alpha value is -4.27. The number of halogens is 2. The number of carbonyl (C=O) groups is 2. The van der Waals surface area contributed by atoms with Crippen LogP contribution in [0.25, 0.3) is 10.4 Å². The van der Waals surface area contributed by atoms with Gasteiger partial charge in [0.15, 0.2) is 5.69 Å². The van der Waals surface area contributed by atoms with Crippen LogP contribution in [0.3, 0.4) is 0 Å². The minimum absolute atomic E-state index is 0.0161. The number of rotatable bonds is 10. The highest BCUT2D eigenvalue weighted by atomic mass is 32.1. The molecule has 204 valence electrons. The van der Waals surface area contributed by atoms with Crippen molar-refractivity contribution in [2.45, 2.75) is 26.0 Å². The van der Waals surface area contributed by atoms with E-state index >= 15 is 0 Å². The second-order valence-electron chi connectivity index (χ2n) is 9.01. The molecule has 0 atom stereocenters. The molecule has 4 aromatic rings. The fourth-order valence-corrected chi connectivity index (χ4v) is 4.73. The molecule has 0 unspecified atom stereocenters. The first-order chi connectivity index (χ1) is 18.5. The maximum atomic E-state index is 14.9. The van der Waals surface area contributed by atoms with Gasteiger partial charge in [0.25, 0.3) is 11.8 Å². The lowest BCUT2D eigenvalue weighted by atomic mass is 9.96. The molecule has 0 saturated carbocycles. The highest BCUT2D eigenvalue weighted by molar-refractivity contribution is 7.20. The van der Waals surface area contributed by atoms with Crippen molar-refractivity contribution < 1.29 is 28.6 Å². The lowest BCUT2D eigenvalue weighted by molar-refractivity contribution is 0.0778. The number of hydrogen-bond donors (Lipinski definition) is 5. The van der Waals surface area contributed by atoms with E-state index in [-0.39, 0.29) is 52.0 Å². The minimum atomic E-state index is -1.45. The molecule has 2 amide bonds. The van der Waals surface area contributed by atoms with Gasteiger partial charge in [-0.3, -0.25) is 9.59 Å². The summed E-state index contributed by atoms with van der Waals surface area (Å²) in [5.41, 5.74) is 4.42. The van der Waals surface area contributed by atoms with E-state index in [0.29, 0.717) is 11.5 Å². The number of nitrogens with one attached hydrogen (secondary N) is 2. The number of nitrogens with zero attached hydrogens (tertiary/aromatic N) is 4. The second-order valence-corrected chi connectivity index (χ2v) is 10.1. The molecule has 0 spiro atoms. The molecule has 0 fully saturated rings. The van der Waals surface area contributed by atoms with Crippen molar-refractivity contribution in [1.82, 2.24) is 25.3 Å². The zero-order valence-electron chi connectivity index (χ0n) is 20.9. The number of carbonyl (C=O) groups excluding carboxylic acids is 2. The predicted molar refractivity (Wildman–Crippen MR) is 139 cm³/mol. The minimum Gasteiger partial charge on any atom is -0.395 e. The van der Waals surface area contributed by atoms with Crippen LogP contribution in [-0.2, 0) is 12.1 Å². The van der Waals surface area contributed by atoms with Crippen molar-refractivity contribution in [2.75, 3.05) is 18.5 Å². The Morgan fingerprint density at radius 3 is 2.54 bits per heavy atom. The fraction of sp³-hybridized carbons (Fsp3) is 0.240. The Labute approximate surface area is 225 Å². The number of aliphatic hydroxyl groups excluding tert-OH is 1. The molecule has 11 nitrogen and oxygen atoms in total. The van der Waals surface area contributed by atoms with Gasteiger partial charge in [0.1, 0.15) is 22.5 Å². The van der Waals surface area contributed by atoms with Gasteiger partial charge >= 0.3 is 0 Å². The highest BCUT2D eigenvalue weighted by Crippen LogP contribution is 2.40. The first-order valence-corrected chi connectivity index (χ1v) is 12.5. The average molecular weight is 558 g/mol. The van der Waals surface area contributed by atoms with Crippen LogP contribution in [0.15, 0.2) is 42.6 Å².